The lowest BCUT2D eigenvalue weighted by atomic mass is 9.96. The number of carbonyl (C=O) groups is 2. The number of aromatic carboxylic acids is 1. The Morgan fingerprint density at radius 2 is 1.78 bits per heavy atom. The van der Waals surface area contributed by atoms with E-state index in [-0.39, 0.29) is 23.1 Å². The summed E-state index contributed by atoms with van der Waals surface area (Å²) in [6.45, 7) is 0.456. The van der Waals surface area contributed by atoms with Crippen LogP contribution >= 0.6 is 0 Å². The molecule has 1 amide bonds. The van der Waals surface area contributed by atoms with E-state index in [4.69, 9.17) is 14.2 Å². The summed E-state index contributed by atoms with van der Waals surface area (Å²) in [5.41, 5.74) is 1.60. The number of hydrogen-bond donors (Lipinski definition) is 1. The Balaban J connectivity index is 1.91. The van der Waals surface area contributed by atoms with E-state index in [9.17, 15) is 14.7 Å². The van der Waals surface area contributed by atoms with Crippen LogP contribution in [0.5, 0.6) is 17.2 Å². The second kappa shape index (κ2) is 7.57. The van der Waals surface area contributed by atoms with Crippen molar-refractivity contribution in [3.05, 3.63) is 47.5 Å². The summed E-state index contributed by atoms with van der Waals surface area (Å²) >= 11 is 0. The van der Waals surface area contributed by atoms with E-state index in [0.717, 1.165) is 5.56 Å². The SMILES string of the molecule is COc1ccc(OC)c(N2CC(c3ccc(C(=O)O)c(OC)c3)CC2=O)c1. The molecule has 2 aromatic carbocycles. The van der Waals surface area contributed by atoms with Gasteiger partial charge in [-0.2, -0.15) is 0 Å². The molecule has 7 nitrogen and oxygen atoms in total. The van der Waals surface area contributed by atoms with Crippen molar-refractivity contribution in [1.29, 1.82) is 0 Å². The Bertz CT molecular complexity index is 879. The predicted octanol–water partition coefficient (Wildman–Crippen LogP) is 2.93. The third-order valence-electron chi connectivity index (χ3n) is 4.73. The fraction of sp³-hybridized carbons (Fsp3) is 0.300. The van der Waals surface area contributed by atoms with Crippen LogP contribution < -0.4 is 19.1 Å². The van der Waals surface area contributed by atoms with Gasteiger partial charge in [-0.1, -0.05) is 6.07 Å². The number of nitrogens with zero attached hydrogens (tertiary/aromatic N) is 1. The molecule has 0 spiro atoms. The van der Waals surface area contributed by atoms with Gasteiger partial charge in [-0.05, 0) is 29.8 Å². The van der Waals surface area contributed by atoms with Crippen molar-refractivity contribution in [1.82, 2.24) is 0 Å². The number of rotatable bonds is 6. The number of anilines is 1. The van der Waals surface area contributed by atoms with E-state index in [1.165, 1.54) is 13.2 Å². The maximum absolute atomic E-state index is 12.7. The van der Waals surface area contributed by atoms with Crippen LogP contribution in [0.15, 0.2) is 36.4 Å². The molecule has 3 rings (SSSR count). The number of ether oxygens (including phenoxy) is 3. The topological polar surface area (TPSA) is 85.3 Å². The average Bonchev–Trinajstić information content (AvgIpc) is 3.08. The maximum Gasteiger partial charge on any atom is 0.339 e. The lowest BCUT2D eigenvalue weighted by Gasteiger charge is -2.20. The van der Waals surface area contributed by atoms with Gasteiger partial charge in [-0.25, -0.2) is 4.79 Å². The van der Waals surface area contributed by atoms with Gasteiger partial charge in [0, 0.05) is 24.9 Å². The zero-order chi connectivity index (χ0) is 19.6. The van der Waals surface area contributed by atoms with E-state index in [2.05, 4.69) is 0 Å². The normalized spacial score (nSPS) is 16.3. The number of benzene rings is 2. The Kier molecular flexibility index (Phi) is 5.21. The minimum atomic E-state index is -1.05. The molecule has 7 heteroatoms. The first kappa shape index (κ1) is 18.6. The Morgan fingerprint density at radius 3 is 2.41 bits per heavy atom. The van der Waals surface area contributed by atoms with Gasteiger partial charge in [0.2, 0.25) is 5.91 Å². The molecular formula is C20H21NO6. The number of carboxylic acids is 1. The molecular weight excluding hydrogens is 350 g/mol. The zero-order valence-electron chi connectivity index (χ0n) is 15.4. The van der Waals surface area contributed by atoms with Crippen LogP contribution in [0, 0.1) is 0 Å². The molecule has 1 unspecified atom stereocenters. The number of carboxylic acid groups (broad SMARTS) is 1. The molecule has 2 aromatic rings. The number of carbonyl (C=O) groups excluding carboxylic acids is 1. The molecule has 0 bridgehead atoms. The first-order chi connectivity index (χ1) is 13.0. The van der Waals surface area contributed by atoms with Crippen LogP contribution in [0.4, 0.5) is 5.69 Å². The van der Waals surface area contributed by atoms with Gasteiger partial charge in [-0.15, -0.1) is 0 Å². The molecule has 142 valence electrons. The highest BCUT2D eigenvalue weighted by Gasteiger charge is 2.34. The average molecular weight is 371 g/mol. The third-order valence-corrected chi connectivity index (χ3v) is 4.73. The monoisotopic (exact) mass is 371 g/mol. The molecule has 1 fully saturated rings. The number of amides is 1. The highest BCUT2D eigenvalue weighted by atomic mass is 16.5. The van der Waals surface area contributed by atoms with Crippen molar-refractivity contribution in [3.8, 4) is 17.2 Å². The summed E-state index contributed by atoms with van der Waals surface area (Å²) in [6.07, 6.45) is 0.315. The first-order valence-corrected chi connectivity index (χ1v) is 8.42. The van der Waals surface area contributed by atoms with Crippen LogP contribution in [0.2, 0.25) is 0 Å². The van der Waals surface area contributed by atoms with Crippen LogP contribution in [0.3, 0.4) is 0 Å². The van der Waals surface area contributed by atoms with Crippen molar-refractivity contribution < 1.29 is 28.9 Å². The molecule has 0 aromatic heterocycles. The van der Waals surface area contributed by atoms with E-state index in [1.807, 2.05) is 0 Å². The fourth-order valence-corrected chi connectivity index (χ4v) is 3.31. The Labute approximate surface area is 157 Å². The largest absolute Gasteiger partial charge is 0.497 e. The van der Waals surface area contributed by atoms with Crippen molar-refractivity contribution in [2.45, 2.75) is 12.3 Å². The lowest BCUT2D eigenvalue weighted by molar-refractivity contribution is -0.117. The summed E-state index contributed by atoms with van der Waals surface area (Å²) in [4.78, 5) is 25.6. The Morgan fingerprint density at radius 1 is 1.04 bits per heavy atom. The van der Waals surface area contributed by atoms with E-state index in [1.54, 1.807) is 49.5 Å². The summed E-state index contributed by atoms with van der Waals surface area (Å²) in [7, 11) is 4.55. The highest BCUT2D eigenvalue weighted by molar-refractivity contribution is 5.98. The van der Waals surface area contributed by atoms with E-state index in [0.29, 0.717) is 30.2 Å². The van der Waals surface area contributed by atoms with Crippen LogP contribution in [-0.2, 0) is 4.79 Å². The highest BCUT2D eigenvalue weighted by Crippen LogP contribution is 2.39. The standard InChI is InChI=1S/C20H21NO6/c1-25-14-5-7-17(26-2)16(10-14)21-11-13(9-19(21)22)12-4-6-15(20(23)24)18(8-12)27-3/h4-8,10,13H,9,11H2,1-3H3,(H,23,24). The number of hydrogen-bond acceptors (Lipinski definition) is 5. The smallest absolute Gasteiger partial charge is 0.339 e. The van der Waals surface area contributed by atoms with Gasteiger partial charge in [0.15, 0.2) is 0 Å². The molecule has 1 N–H and O–H groups in total. The molecule has 1 atom stereocenters. The van der Waals surface area contributed by atoms with E-state index >= 15 is 0 Å². The molecule has 1 aliphatic heterocycles. The van der Waals surface area contributed by atoms with Crippen molar-refractivity contribution >= 4 is 17.6 Å². The molecule has 1 heterocycles. The van der Waals surface area contributed by atoms with Crippen molar-refractivity contribution in [2.75, 3.05) is 32.8 Å². The molecule has 0 saturated carbocycles. The summed E-state index contributed by atoms with van der Waals surface area (Å²) in [5, 5.41) is 9.22. The van der Waals surface area contributed by atoms with Gasteiger partial charge in [0.1, 0.15) is 22.8 Å². The van der Waals surface area contributed by atoms with Crippen LogP contribution in [0.1, 0.15) is 28.3 Å². The minimum Gasteiger partial charge on any atom is -0.497 e. The predicted molar refractivity (Wildman–Crippen MR) is 99.2 cm³/mol. The zero-order valence-corrected chi connectivity index (χ0v) is 15.4. The van der Waals surface area contributed by atoms with Crippen LogP contribution in [-0.4, -0.2) is 44.9 Å². The summed E-state index contributed by atoms with van der Waals surface area (Å²) < 4.78 is 15.8. The molecule has 1 aliphatic rings. The van der Waals surface area contributed by atoms with Crippen LogP contribution in [0.25, 0.3) is 0 Å². The van der Waals surface area contributed by atoms with Crippen molar-refractivity contribution in [3.63, 3.8) is 0 Å². The third kappa shape index (κ3) is 3.53. The molecule has 0 radical (unpaired) electrons. The fourth-order valence-electron chi connectivity index (χ4n) is 3.31. The number of methoxy groups -OCH3 is 3. The minimum absolute atomic E-state index is 0.0344. The molecule has 1 saturated heterocycles. The molecule has 27 heavy (non-hydrogen) atoms. The molecule has 0 aliphatic carbocycles. The summed E-state index contributed by atoms with van der Waals surface area (Å²) in [6, 6.07) is 10.2. The van der Waals surface area contributed by atoms with Gasteiger partial charge in [0.25, 0.3) is 0 Å². The lowest BCUT2D eigenvalue weighted by Crippen LogP contribution is -2.24. The van der Waals surface area contributed by atoms with Gasteiger partial charge in [0.05, 0.1) is 27.0 Å². The van der Waals surface area contributed by atoms with E-state index < -0.39 is 5.97 Å². The quantitative estimate of drug-likeness (QED) is 0.840. The first-order valence-electron chi connectivity index (χ1n) is 8.42. The second-order valence-corrected chi connectivity index (χ2v) is 6.21. The van der Waals surface area contributed by atoms with Gasteiger partial charge in [-0.3, -0.25) is 4.79 Å². The van der Waals surface area contributed by atoms with Gasteiger partial charge < -0.3 is 24.2 Å². The maximum atomic E-state index is 12.7. The Hall–Kier alpha value is -3.22. The van der Waals surface area contributed by atoms with Gasteiger partial charge >= 0.3 is 5.97 Å². The second-order valence-electron chi connectivity index (χ2n) is 6.21. The van der Waals surface area contributed by atoms with Crippen molar-refractivity contribution in [2.24, 2.45) is 0 Å². The summed E-state index contributed by atoms with van der Waals surface area (Å²) in [5.74, 6) is 0.338.